The molecule has 2 heterocycles. The highest BCUT2D eigenvalue weighted by atomic mass is 35.5. The number of hydrogen-bond acceptors (Lipinski definition) is 3. The first kappa shape index (κ1) is 12.4. The third kappa shape index (κ3) is 2.05. The molecular weight excluding hydrogens is 240 g/mol. The Kier molecular flexibility index (Phi) is 3.14. The highest BCUT2D eigenvalue weighted by Crippen LogP contribution is 2.41. The predicted octanol–water partition coefficient (Wildman–Crippen LogP) is 0.0979. The van der Waals surface area contributed by atoms with Crippen LogP contribution in [0, 0.1) is 18.8 Å². The lowest BCUT2D eigenvalue weighted by Crippen LogP contribution is -2.33. The topological polar surface area (TPSA) is 59.0 Å². The second kappa shape index (κ2) is 4.31. The number of carbonyl (C=O) groups excluding carboxylic acids is 1. The predicted molar refractivity (Wildman–Crippen MR) is 66.3 cm³/mol. The number of aromatic nitrogens is 2. The van der Waals surface area contributed by atoms with Crippen molar-refractivity contribution in [2.75, 3.05) is 13.1 Å². The first-order valence-electron chi connectivity index (χ1n) is 5.69. The average molecular weight is 257 g/mol. The van der Waals surface area contributed by atoms with E-state index in [2.05, 4.69) is 15.7 Å². The number of fused-ring (bicyclic) bond motifs is 1. The summed E-state index contributed by atoms with van der Waals surface area (Å²) in [5.41, 5.74) is 1.53. The summed E-state index contributed by atoms with van der Waals surface area (Å²) in [5, 5.41) is 10.6. The minimum absolute atomic E-state index is 0. The Morgan fingerprint density at radius 1 is 1.53 bits per heavy atom. The van der Waals surface area contributed by atoms with Crippen LogP contribution in [0.1, 0.15) is 16.2 Å². The molecule has 2 aliphatic rings. The van der Waals surface area contributed by atoms with Crippen LogP contribution in [-0.4, -0.2) is 34.8 Å². The van der Waals surface area contributed by atoms with Crippen LogP contribution in [0.3, 0.4) is 0 Å². The van der Waals surface area contributed by atoms with E-state index in [1.165, 1.54) is 0 Å². The maximum Gasteiger partial charge on any atom is 0.269 e. The molecule has 3 rings (SSSR count). The van der Waals surface area contributed by atoms with Gasteiger partial charge in [0.25, 0.3) is 5.91 Å². The van der Waals surface area contributed by atoms with E-state index in [9.17, 15) is 4.79 Å². The quantitative estimate of drug-likeness (QED) is 0.789. The highest BCUT2D eigenvalue weighted by Gasteiger charge is 2.53. The Morgan fingerprint density at radius 3 is 2.71 bits per heavy atom. The molecule has 0 radical (unpaired) electrons. The number of halogens is 1. The van der Waals surface area contributed by atoms with E-state index in [0.717, 1.165) is 18.8 Å². The summed E-state index contributed by atoms with van der Waals surface area (Å²) in [6.07, 6.45) is 0. The highest BCUT2D eigenvalue weighted by molar-refractivity contribution is 5.93. The number of carbonyl (C=O) groups is 1. The Morgan fingerprint density at radius 2 is 2.18 bits per heavy atom. The minimum Gasteiger partial charge on any atom is -0.347 e. The van der Waals surface area contributed by atoms with Crippen molar-refractivity contribution < 1.29 is 4.79 Å². The fraction of sp³-hybridized carbons (Fsp3) is 0.636. The van der Waals surface area contributed by atoms with Crippen LogP contribution in [0.25, 0.3) is 0 Å². The molecule has 17 heavy (non-hydrogen) atoms. The van der Waals surface area contributed by atoms with Crippen molar-refractivity contribution in [3.05, 3.63) is 17.5 Å². The summed E-state index contributed by atoms with van der Waals surface area (Å²) < 4.78 is 1.64. The van der Waals surface area contributed by atoms with Crippen molar-refractivity contribution in [2.45, 2.75) is 13.0 Å². The molecule has 5 nitrogen and oxygen atoms in total. The Labute approximate surface area is 106 Å². The summed E-state index contributed by atoms with van der Waals surface area (Å²) in [7, 11) is 1.80. The molecule has 0 bridgehead atoms. The van der Waals surface area contributed by atoms with Crippen LogP contribution in [0.5, 0.6) is 0 Å². The van der Waals surface area contributed by atoms with Crippen molar-refractivity contribution in [3.8, 4) is 0 Å². The van der Waals surface area contributed by atoms with Gasteiger partial charge in [0.05, 0.1) is 5.69 Å². The normalized spacial score (nSPS) is 29.4. The molecule has 2 unspecified atom stereocenters. The number of nitrogens with one attached hydrogen (secondary N) is 2. The monoisotopic (exact) mass is 256 g/mol. The molecule has 0 spiro atoms. The lowest BCUT2D eigenvalue weighted by molar-refractivity contribution is 0.0937. The van der Waals surface area contributed by atoms with Crippen molar-refractivity contribution in [3.63, 3.8) is 0 Å². The van der Waals surface area contributed by atoms with Gasteiger partial charge in [-0.2, -0.15) is 5.10 Å². The summed E-state index contributed by atoms with van der Waals surface area (Å²) in [4.78, 5) is 12.0. The third-order valence-corrected chi connectivity index (χ3v) is 3.62. The van der Waals surface area contributed by atoms with E-state index in [4.69, 9.17) is 0 Å². The fourth-order valence-electron chi connectivity index (χ4n) is 2.68. The van der Waals surface area contributed by atoms with Gasteiger partial charge in [0, 0.05) is 26.2 Å². The fourth-order valence-corrected chi connectivity index (χ4v) is 2.68. The van der Waals surface area contributed by atoms with E-state index in [0.29, 0.717) is 23.6 Å². The van der Waals surface area contributed by atoms with Gasteiger partial charge in [-0.3, -0.25) is 9.48 Å². The maximum atomic E-state index is 12.0. The van der Waals surface area contributed by atoms with E-state index in [1.807, 2.05) is 13.0 Å². The third-order valence-electron chi connectivity index (χ3n) is 3.62. The molecule has 2 N–H and O–H groups in total. The Bertz CT molecular complexity index is 435. The van der Waals surface area contributed by atoms with Gasteiger partial charge in [0.15, 0.2) is 0 Å². The Hall–Kier alpha value is -1.07. The largest absolute Gasteiger partial charge is 0.347 e. The smallest absolute Gasteiger partial charge is 0.269 e. The summed E-state index contributed by atoms with van der Waals surface area (Å²) in [6, 6.07) is 2.20. The van der Waals surface area contributed by atoms with Crippen molar-refractivity contribution in [1.29, 1.82) is 0 Å². The molecule has 1 aromatic rings. The van der Waals surface area contributed by atoms with Gasteiger partial charge in [0.1, 0.15) is 5.69 Å². The van der Waals surface area contributed by atoms with Crippen molar-refractivity contribution in [2.24, 2.45) is 18.9 Å². The molecule has 2 fully saturated rings. The first-order valence-corrected chi connectivity index (χ1v) is 5.69. The van der Waals surface area contributed by atoms with Gasteiger partial charge in [-0.05, 0) is 24.8 Å². The number of piperidine rings is 1. The van der Waals surface area contributed by atoms with Crippen LogP contribution in [0.2, 0.25) is 0 Å². The minimum atomic E-state index is 0. The van der Waals surface area contributed by atoms with E-state index < -0.39 is 0 Å². The van der Waals surface area contributed by atoms with Crippen molar-refractivity contribution >= 4 is 18.3 Å². The van der Waals surface area contributed by atoms with Crippen molar-refractivity contribution in [1.82, 2.24) is 20.4 Å². The van der Waals surface area contributed by atoms with E-state index >= 15 is 0 Å². The summed E-state index contributed by atoms with van der Waals surface area (Å²) in [6.45, 7) is 3.98. The van der Waals surface area contributed by atoms with E-state index in [-0.39, 0.29) is 18.3 Å². The van der Waals surface area contributed by atoms with Gasteiger partial charge in [-0.15, -0.1) is 12.4 Å². The Balaban J connectivity index is 0.00000108. The summed E-state index contributed by atoms with van der Waals surface area (Å²) in [5.74, 6) is 1.30. The van der Waals surface area contributed by atoms with Crippen LogP contribution < -0.4 is 10.6 Å². The molecule has 94 valence electrons. The molecule has 2 atom stereocenters. The molecule has 1 saturated heterocycles. The van der Waals surface area contributed by atoms with E-state index in [1.54, 1.807) is 11.7 Å². The lowest BCUT2D eigenvalue weighted by Gasteiger charge is -2.07. The molecule has 0 aromatic carbocycles. The van der Waals surface area contributed by atoms with Gasteiger partial charge in [0.2, 0.25) is 0 Å². The first-order chi connectivity index (χ1) is 7.66. The SMILES string of the molecule is Cc1cc(C(=O)NC2C3CNCC32)n(C)n1.Cl. The zero-order chi connectivity index (χ0) is 11.3. The number of hydrogen-bond donors (Lipinski definition) is 2. The molecular formula is C11H17ClN4O. The number of amides is 1. The van der Waals surface area contributed by atoms with Crippen LogP contribution in [-0.2, 0) is 7.05 Å². The second-order valence-corrected chi connectivity index (χ2v) is 4.78. The maximum absolute atomic E-state index is 12.0. The van der Waals surface area contributed by atoms with Gasteiger partial charge in [-0.25, -0.2) is 0 Å². The summed E-state index contributed by atoms with van der Waals surface area (Å²) >= 11 is 0. The van der Waals surface area contributed by atoms with Gasteiger partial charge < -0.3 is 10.6 Å². The molecule has 1 aliphatic carbocycles. The van der Waals surface area contributed by atoms with Crippen LogP contribution in [0.15, 0.2) is 6.07 Å². The number of aryl methyl sites for hydroxylation is 2. The standard InChI is InChI=1S/C11H16N4O.ClH/c1-6-3-9(15(2)14-6)11(16)13-10-7-4-12-5-8(7)10;/h3,7-8,10,12H,4-5H2,1-2H3,(H,13,16);1H. The zero-order valence-corrected chi connectivity index (χ0v) is 10.8. The van der Waals surface area contributed by atoms with Crippen LogP contribution in [0.4, 0.5) is 0 Å². The molecule has 1 aromatic heterocycles. The number of rotatable bonds is 2. The van der Waals surface area contributed by atoms with Gasteiger partial charge >= 0.3 is 0 Å². The second-order valence-electron chi connectivity index (χ2n) is 4.78. The lowest BCUT2D eigenvalue weighted by atomic mass is 10.3. The molecule has 1 saturated carbocycles. The zero-order valence-electron chi connectivity index (χ0n) is 9.93. The van der Waals surface area contributed by atoms with Crippen LogP contribution >= 0.6 is 12.4 Å². The average Bonchev–Trinajstić information content (AvgIpc) is 2.66. The number of nitrogens with zero attached hydrogens (tertiary/aromatic N) is 2. The van der Waals surface area contributed by atoms with Gasteiger partial charge in [-0.1, -0.05) is 0 Å². The molecule has 1 amide bonds. The molecule has 1 aliphatic heterocycles. The molecule has 6 heteroatoms.